The predicted molar refractivity (Wildman–Crippen MR) is 146 cm³/mol. The molecule has 0 unspecified atom stereocenters. The van der Waals surface area contributed by atoms with Crippen LogP contribution in [-0.2, 0) is 11.3 Å². The summed E-state index contributed by atoms with van der Waals surface area (Å²) in [5.41, 5.74) is 4.15. The van der Waals surface area contributed by atoms with Gasteiger partial charge in [-0.05, 0) is 64.4 Å². The monoisotopic (exact) mass is 541 g/mol. The zero-order chi connectivity index (χ0) is 24.0. The normalized spacial score (nSPS) is 16.1. The maximum Gasteiger partial charge on any atom is 0.267 e. The fourth-order valence-corrected chi connectivity index (χ4v) is 4.92. The lowest BCUT2D eigenvalue weighted by molar-refractivity contribution is -0.122. The number of halogens is 1. The van der Waals surface area contributed by atoms with Crippen LogP contribution in [0.15, 0.2) is 121 Å². The summed E-state index contributed by atoms with van der Waals surface area (Å²) in [5, 5.41) is 9.17. The molecule has 35 heavy (non-hydrogen) atoms. The highest BCUT2D eigenvalue weighted by molar-refractivity contribution is 9.10. The summed E-state index contributed by atoms with van der Waals surface area (Å²) in [4.78, 5) is 15.4. The minimum absolute atomic E-state index is 0.132. The van der Waals surface area contributed by atoms with Crippen molar-refractivity contribution in [2.45, 2.75) is 6.54 Å². The van der Waals surface area contributed by atoms with Crippen LogP contribution < -0.4 is 0 Å². The minimum Gasteiger partial charge on any atom is -0.467 e. The zero-order valence-electron chi connectivity index (χ0n) is 18.5. The Labute approximate surface area is 216 Å². The summed E-state index contributed by atoms with van der Waals surface area (Å²) < 4.78 is 6.41. The molecule has 1 saturated heterocycles. The molecule has 1 aromatic heterocycles. The number of hydrogen-bond acceptors (Lipinski definition) is 5. The number of amides is 1. The van der Waals surface area contributed by atoms with Crippen molar-refractivity contribution in [1.82, 2.24) is 4.90 Å². The van der Waals surface area contributed by atoms with Gasteiger partial charge in [-0.25, -0.2) is 0 Å². The largest absolute Gasteiger partial charge is 0.467 e. The number of benzene rings is 3. The Morgan fingerprint density at radius 2 is 1.69 bits per heavy atom. The molecule has 5 rings (SSSR count). The first-order valence-corrected chi connectivity index (χ1v) is 12.5. The Morgan fingerprint density at radius 1 is 0.886 bits per heavy atom. The second-order valence-electron chi connectivity index (χ2n) is 7.75. The van der Waals surface area contributed by atoms with E-state index in [2.05, 4.69) is 50.4 Å². The van der Waals surface area contributed by atoms with Crippen LogP contribution in [0.3, 0.4) is 0 Å². The van der Waals surface area contributed by atoms with Crippen molar-refractivity contribution < 1.29 is 9.21 Å². The lowest BCUT2D eigenvalue weighted by Crippen LogP contribution is -2.28. The molecule has 0 radical (unpaired) electrons. The van der Waals surface area contributed by atoms with E-state index < -0.39 is 0 Å². The highest BCUT2D eigenvalue weighted by Gasteiger charge is 2.34. The summed E-state index contributed by atoms with van der Waals surface area (Å²) in [6, 6.07) is 29.8. The van der Waals surface area contributed by atoms with E-state index in [0.717, 1.165) is 26.7 Å². The molecule has 0 aliphatic carbocycles. The van der Waals surface area contributed by atoms with E-state index >= 15 is 0 Å². The van der Waals surface area contributed by atoms with Gasteiger partial charge in [0.2, 0.25) is 0 Å². The molecule has 0 spiro atoms. The molecule has 4 aromatic rings. The van der Waals surface area contributed by atoms with Gasteiger partial charge in [-0.1, -0.05) is 82.7 Å². The minimum atomic E-state index is -0.132. The quantitative estimate of drug-likeness (QED) is 0.147. The van der Waals surface area contributed by atoms with E-state index in [0.29, 0.717) is 15.8 Å². The van der Waals surface area contributed by atoms with Gasteiger partial charge in [0, 0.05) is 4.47 Å². The van der Waals surface area contributed by atoms with Crippen LogP contribution >= 0.6 is 27.7 Å². The Bertz CT molecular complexity index is 1410. The fourth-order valence-electron chi connectivity index (χ4n) is 3.57. The van der Waals surface area contributed by atoms with E-state index in [1.165, 1.54) is 11.8 Å². The molecule has 1 aliphatic rings. The number of nitrogens with zero attached hydrogens (tertiary/aromatic N) is 3. The number of amidine groups is 1. The summed E-state index contributed by atoms with van der Waals surface area (Å²) in [6.07, 6.45) is 5.14. The van der Waals surface area contributed by atoms with E-state index in [1.54, 1.807) is 23.4 Å². The highest BCUT2D eigenvalue weighted by atomic mass is 79.9. The Kier molecular flexibility index (Phi) is 7.07. The summed E-state index contributed by atoms with van der Waals surface area (Å²) >= 11 is 4.78. The van der Waals surface area contributed by atoms with Crippen LogP contribution in [0, 0.1) is 0 Å². The van der Waals surface area contributed by atoms with Gasteiger partial charge in [-0.15, -0.1) is 5.10 Å². The summed E-state index contributed by atoms with van der Waals surface area (Å²) in [6.45, 7) is 0.286. The fraction of sp³-hybridized carbons (Fsp3) is 0.0357. The van der Waals surface area contributed by atoms with Gasteiger partial charge in [0.1, 0.15) is 5.76 Å². The lowest BCUT2D eigenvalue weighted by Gasteiger charge is -2.12. The van der Waals surface area contributed by atoms with Crippen molar-refractivity contribution in [3.8, 4) is 11.1 Å². The van der Waals surface area contributed by atoms with Crippen molar-refractivity contribution in [1.29, 1.82) is 0 Å². The van der Waals surface area contributed by atoms with Crippen LogP contribution in [0.4, 0.5) is 0 Å². The van der Waals surface area contributed by atoms with Crippen molar-refractivity contribution in [3.05, 3.63) is 124 Å². The second kappa shape index (κ2) is 10.7. The van der Waals surface area contributed by atoms with Gasteiger partial charge in [-0.2, -0.15) is 5.10 Å². The van der Waals surface area contributed by atoms with Crippen molar-refractivity contribution >= 4 is 51.1 Å². The molecule has 5 nitrogen and oxygen atoms in total. The van der Waals surface area contributed by atoms with Crippen LogP contribution in [0.5, 0.6) is 0 Å². The molecule has 0 bridgehead atoms. The number of carbonyl (C=O) groups excluding carboxylic acids is 1. The average molecular weight is 542 g/mol. The van der Waals surface area contributed by atoms with Gasteiger partial charge < -0.3 is 4.42 Å². The molecular weight excluding hydrogens is 522 g/mol. The smallest absolute Gasteiger partial charge is 0.267 e. The number of hydrogen-bond donors (Lipinski definition) is 0. The number of furan rings is 1. The second-order valence-corrected chi connectivity index (χ2v) is 9.68. The van der Waals surface area contributed by atoms with Gasteiger partial charge in [0.25, 0.3) is 5.91 Å². The maximum absolute atomic E-state index is 13.2. The molecule has 7 heteroatoms. The predicted octanol–water partition coefficient (Wildman–Crippen LogP) is 7.22. The topological polar surface area (TPSA) is 58.2 Å². The van der Waals surface area contributed by atoms with E-state index in [9.17, 15) is 4.79 Å². The average Bonchev–Trinajstić information content (AvgIpc) is 3.49. The van der Waals surface area contributed by atoms with E-state index in [-0.39, 0.29) is 12.5 Å². The summed E-state index contributed by atoms with van der Waals surface area (Å²) in [7, 11) is 0. The maximum atomic E-state index is 13.2. The van der Waals surface area contributed by atoms with Crippen molar-refractivity contribution in [3.63, 3.8) is 0 Å². The van der Waals surface area contributed by atoms with Crippen LogP contribution in [-0.4, -0.2) is 22.2 Å². The van der Waals surface area contributed by atoms with E-state index in [4.69, 9.17) is 4.42 Å². The first-order chi connectivity index (χ1) is 17.2. The molecular formula is C28H20BrN3O2S. The van der Waals surface area contributed by atoms with Crippen molar-refractivity contribution in [2.75, 3.05) is 0 Å². The zero-order valence-corrected chi connectivity index (χ0v) is 20.9. The summed E-state index contributed by atoms with van der Waals surface area (Å²) in [5.74, 6) is 0.545. The molecule has 1 aliphatic heterocycles. The lowest BCUT2D eigenvalue weighted by atomic mass is 10.0. The van der Waals surface area contributed by atoms with Gasteiger partial charge in [0.15, 0.2) is 5.17 Å². The molecule has 1 amide bonds. The SMILES string of the molecule is O=C1/C(=C/c2cccc(Br)c2)S/C(=N\N=C\c2ccc(-c3ccccc3)cc2)N1Cc1ccco1. The van der Waals surface area contributed by atoms with Gasteiger partial charge in [0.05, 0.1) is 23.9 Å². The number of rotatable bonds is 6. The Hall–Kier alpha value is -3.68. The molecule has 0 saturated carbocycles. The van der Waals surface area contributed by atoms with E-state index in [1.807, 2.05) is 66.7 Å². The third-order valence-corrected chi connectivity index (χ3v) is 6.79. The number of carbonyl (C=O) groups is 1. The molecule has 1 fully saturated rings. The molecule has 0 atom stereocenters. The van der Waals surface area contributed by atoms with Gasteiger partial charge >= 0.3 is 0 Å². The van der Waals surface area contributed by atoms with Gasteiger partial charge in [-0.3, -0.25) is 9.69 Å². The molecule has 2 heterocycles. The van der Waals surface area contributed by atoms with Crippen LogP contribution in [0.25, 0.3) is 17.2 Å². The van der Waals surface area contributed by atoms with Crippen LogP contribution in [0.1, 0.15) is 16.9 Å². The molecule has 0 N–H and O–H groups in total. The third kappa shape index (κ3) is 5.70. The first kappa shape index (κ1) is 23.1. The highest BCUT2D eigenvalue weighted by Crippen LogP contribution is 2.34. The number of thioether (sulfide) groups is 1. The van der Waals surface area contributed by atoms with Crippen molar-refractivity contribution in [2.24, 2.45) is 10.2 Å². The Morgan fingerprint density at radius 3 is 2.43 bits per heavy atom. The molecule has 172 valence electrons. The Balaban J connectivity index is 1.38. The standard InChI is InChI=1S/C28H20BrN3O2S/c29-24-9-4-6-21(16-24)17-26-27(33)32(19-25-10-5-15-34-25)28(35-26)31-30-18-20-11-13-23(14-12-20)22-7-2-1-3-8-22/h1-18H,19H2/b26-17-,30-18+,31-28-. The first-order valence-electron chi connectivity index (χ1n) is 10.9. The molecule has 3 aromatic carbocycles. The van der Waals surface area contributed by atoms with Crippen LogP contribution in [0.2, 0.25) is 0 Å². The third-order valence-electron chi connectivity index (χ3n) is 5.30.